The van der Waals surface area contributed by atoms with E-state index in [9.17, 15) is 4.79 Å². The van der Waals surface area contributed by atoms with Crippen molar-refractivity contribution in [1.29, 1.82) is 0 Å². The normalized spacial score (nSPS) is 14.7. The molecule has 1 amide bonds. The average molecular weight is 543 g/mol. The predicted molar refractivity (Wildman–Crippen MR) is 160 cm³/mol. The fourth-order valence-corrected chi connectivity index (χ4v) is 5.74. The van der Waals surface area contributed by atoms with Gasteiger partial charge in [-0.2, -0.15) is 0 Å². The van der Waals surface area contributed by atoms with E-state index in [0.717, 1.165) is 34.4 Å². The molecule has 1 saturated heterocycles. The second kappa shape index (κ2) is 11.9. The predicted octanol–water partition coefficient (Wildman–Crippen LogP) is 6.95. The first kappa shape index (κ1) is 26.1. The van der Waals surface area contributed by atoms with E-state index >= 15 is 0 Å². The molecule has 194 valence electrons. The number of para-hydroxylation sites is 1. The van der Waals surface area contributed by atoms with Crippen molar-refractivity contribution in [2.45, 2.75) is 32.9 Å². The first-order valence-corrected chi connectivity index (χ1v) is 14.0. The molecule has 0 atom stereocenters. The van der Waals surface area contributed by atoms with Crippen LogP contribution in [0.2, 0.25) is 0 Å². The Kier molecular flexibility index (Phi) is 8.15. The van der Waals surface area contributed by atoms with Crippen LogP contribution in [0.5, 0.6) is 11.5 Å². The van der Waals surface area contributed by atoms with Crippen LogP contribution in [0.25, 0.3) is 17.0 Å². The number of amides is 1. The molecule has 38 heavy (non-hydrogen) atoms. The van der Waals surface area contributed by atoms with Crippen molar-refractivity contribution in [2.24, 2.45) is 0 Å². The van der Waals surface area contributed by atoms with E-state index in [1.165, 1.54) is 17.3 Å². The van der Waals surface area contributed by atoms with Gasteiger partial charge in [0.05, 0.1) is 17.6 Å². The Morgan fingerprint density at radius 2 is 1.63 bits per heavy atom. The van der Waals surface area contributed by atoms with Crippen molar-refractivity contribution in [3.05, 3.63) is 101 Å². The van der Waals surface area contributed by atoms with Gasteiger partial charge in [0.2, 0.25) is 0 Å². The lowest BCUT2D eigenvalue weighted by molar-refractivity contribution is -0.122. The van der Waals surface area contributed by atoms with Gasteiger partial charge < -0.3 is 14.0 Å². The maximum atomic E-state index is 13.2. The SMILES string of the molecule is CC(C)Oc1ccc(OCCn2cc(/C=C3\SC(=S)N(CCc4ccccc4)C3=O)c3ccccc32)cc1. The Bertz CT molecular complexity index is 1460. The molecule has 7 heteroatoms. The van der Waals surface area contributed by atoms with Gasteiger partial charge in [-0.05, 0) is 62.2 Å². The second-order valence-electron chi connectivity index (χ2n) is 9.35. The summed E-state index contributed by atoms with van der Waals surface area (Å²) in [7, 11) is 0. The molecule has 2 heterocycles. The number of benzene rings is 3. The van der Waals surface area contributed by atoms with E-state index < -0.39 is 0 Å². The molecule has 0 bridgehead atoms. The third-order valence-corrected chi connectivity index (χ3v) is 7.62. The monoisotopic (exact) mass is 542 g/mol. The summed E-state index contributed by atoms with van der Waals surface area (Å²) >= 11 is 6.93. The van der Waals surface area contributed by atoms with Crippen molar-refractivity contribution in [3.63, 3.8) is 0 Å². The molecular weight excluding hydrogens is 512 g/mol. The van der Waals surface area contributed by atoms with E-state index in [4.69, 9.17) is 21.7 Å². The number of hydrogen-bond acceptors (Lipinski definition) is 5. The minimum absolute atomic E-state index is 0.0269. The highest BCUT2D eigenvalue weighted by Gasteiger charge is 2.31. The number of carbonyl (C=O) groups is 1. The van der Waals surface area contributed by atoms with Gasteiger partial charge in [0, 0.05) is 29.2 Å². The first-order chi connectivity index (χ1) is 18.5. The van der Waals surface area contributed by atoms with Crippen LogP contribution in [0.15, 0.2) is 90.0 Å². The standard InChI is InChI=1S/C31H30N2O3S2/c1-22(2)36-26-14-12-25(13-15-26)35-19-18-32-21-24(27-10-6-7-11-28(27)32)20-29-30(34)33(31(37)38-29)17-16-23-8-4-3-5-9-23/h3-15,20-22H,16-19H2,1-2H3/b29-20-. The molecule has 5 nitrogen and oxygen atoms in total. The highest BCUT2D eigenvalue weighted by atomic mass is 32.2. The van der Waals surface area contributed by atoms with E-state index in [1.807, 2.05) is 74.5 Å². The van der Waals surface area contributed by atoms with E-state index in [-0.39, 0.29) is 12.0 Å². The summed E-state index contributed by atoms with van der Waals surface area (Å²) in [6.45, 7) is 5.79. The summed E-state index contributed by atoms with van der Waals surface area (Å²) in [4.78, 5) is 15.6. The van der Waals surface area contributed by atoms with Gasteiger partial charge >= 0.3 is 0 Å². The Morgan fingerprint density at radius 3 is 2.39 bits per heavy atom. The van der Waals surface area contributed by atoms with E-state index in [0.29, 0.717) is 28.9 Å². The van der Waals surface area contributed by atoms with Crippen LogP contribution >= 0.6 is 24.0 Å². The maximum Gasteiger partial charge on any atom is 0.266 e. The van der Waals surface area contributed by atoms with Crippen molar-refractivity contribution in [1.82, 2.24) is 9.47 Å². The summed E-state index contributed by atoms with van der Waals surface area (Å²) in [5.41, 5.74) is 3.29. The quantitative estimate of drug-likeness (QED) is 0.160. The second-order valence-corrected chi connectivity index (χ2v) is 11.0. The van der Waals surface area contributed by atoms with Gasteiger partial charge in [0.15, 0.2) is 0 Å². The van der Waals surface area contributed by atoms with Crippen molar-refractivity contribution >= 4 is 51.2 Å². The van der Waals surface area contributed by atoms with Gasteiger partial charge in [-0.1, -0.05) is 72.5 Å². The zero-order chi connectivity index (χ0) is 26.5. The molecule has 0 radical (unpaired) electrons. The Labute approximate surface area is 233 Å². The lowest BCUT2D eigenvalue weighted by Gasteiger charge is -2.14. The van der Waals surface area contributed by atoms with Gasteiger partial charge in [-0.25, -0.2) is 0 Å². The van der Waals surface area contributed by atoms with Crippen LogP contribution in [0, 0.1) is 0 Å². The van der Waals surface area contributed by atoms with Crippen LogP contribution in [0.4, 0.5) is 0 Å². The molecule has 1 aliphatic heterocycles. The summed E-state index contributed by atoms with van der Waals surface area (Å²) in [6, 6.07) is 26.1. The molecule has 1 fully saturated rings. The fourth-order valence-electron chi connectivity index (χ4n) is 4.44. The molecule has 0 saturated carbocycles. The Balaban J connectivity index is 1.27. The summed E-state index contributed by atoms with van der Waals surface area (Å²) < 4.78 is 14.5. The van der Waals surface area contributed by atoms with Crippen LogP contribution in [0.3, 0.4) is 0 Å². The fraction of sp³-hybridized carbons (Fsp3) is 0.226. The van der Waals surface area contributed by atoms with Gasteiger partial charge in [0.25, 0.3) is 5.91 Å². The van der Waals surface area contributed by atoms with E-state index in [1.54, 1.807) is 4.90 Å². The zero-order valence-corrected chi connectivity index (χ0v) is 23.1. The van der Waals surface area contributed by atoms with Crippen molar-refractivity contribution < 1.29 is 14.3 Å². The van der Waals surface area contributed by atoms with Gasteiger partial charge in [-0.15, -0.1) is 0 Å². The lowest BCUT2D eigenvalue weighted by Crippen LogP contribution is -2.30. The largest absolute Gasteiger partial charge is 0.492 e. The summed E-state index contributed by atoms with van der Waals surface area (Å²) in [5, 5.41) is 1.09. The average Bonchev–Trinajstić information content (AvgIpc) is 3.40. The number of ether oxygens (including phenoxy) is 2. The number of rotatable bonds is 10. The Morgan fingerprint density at radius 1 is 0.921 bits per heavy atom. The van der Waals surface area contributed by atoms with Crippen LogP contribution in [0.1, 0.15) is 25.0 Å². The first-order valence-electron chi connectivity index (χ1n) is 12.7. The topological polar surface area (TPSA) is 43.7 Å². The minimum atomic E-state index is -0.0269. The molecule has 0 unspecified atom stereocenters. The highest BCUT2D eigenvalue weighted by Crippen LogP contribution is 2.34. The third kappa shape index (κ3) is 6.11. The molecular formula is C31H30N2O3S2. The number of aromatic nitrogens is 1. The van der Waals surface area contributed by atoms with Crippen LogP contribution in [-0.4, -0.2) is 39.0 Å². The molecule has 4 aromatic rings. The Hall–Kier alpha value is -3.55. The number of nitrogens with zero attached hydrogens (tertiary/aromatic N) is 2. The molecule has 0 spiro atoms. The highest BCUT2D eigenvalue weighted by molar-refractivity contribution is 8.26. The van der Waals surface area contributed by atoms with E-state index in [2.05, 4.69) is 35.0 Å². The maximum absolute atomic E-state index is 13.2. The molecule has 5 rings (SSSR count). The van der Waals surface area contributed by atoms with Crippen molar-refractivity contribution in [2.75, 3.05) is 13.2 Å². The minimum Gasteiger partial charge on any atom is -0.492 e. The molecule has 1 aromatic heterocycles. The molecule has 1 aliphatic rings. The summed E-state index contributed by atoms with van der Waals surface area (Å²) in [5.74, 6) is 1.61. The van der Waals surface area contributed by atoms with Gasteiger partial charge in [0.1, 0.15) is 22.4 Å². The summed E-state index contributed by atoms with van der Waals surface area (Å²) in [6.07, 6.45) is 4.96. The van der Waals surface area contributed by atoms with Crippen LogP contribution in [-0.2, 0) is 17.8 Å². The lowest BCUT2D eigenvalue weighted by atomic mass is 10.1. The molecule has 0 aliphatic carbocycles. The number of thiocarbonyl (C=S) groups is 1. The van der Waals surface area contributed by atoms with Crippen LogP contribution < -0.4 is 9.47 Å². The number of thioether (sulfide) groups is 1. The number of carbonyl (C=O) groups excluding carboxylic acids is 1. The number of hydrogen-bond donors (Lipinski definition) is 0. The smallest absolute Gasteiger partial charge is 0.266 e. The number of fused-ring (bicyclic) bond motifs is 1. The van der Waals surface area contributed by atoms with Crippen molar-refractivity contribution in [3.8, 4) is 11.5 Å². The zero-order valence-electron chi connectivity index (χ0n) is 21.5. The molecule has 3 aromatic carbocycles. The molecule has 0 N–H and O–H groups in total. The van der Waals surface area contributed by atoms with Gasteiger partial charge in [-0.3, -0.25) is 9.69 Å². The third-order valence-electron chi connectivity index (χ3n) is 6.24.